The molecule has 28 heavy (non-hydrogen) atoms. The van der Waals surface area contributed by atoms with Crippen LogP contribution in [0.15, 0.2) is 42.5 Å². The molecule has 0 unspecified atom stereocenters. The quantitative estimate of drug-likeness (QED) is 0.771. The van der Waals surface area contributed by atoms with Gasteiger partial charge in [0, 0.05) is 37.6 Å². The van der Waals surface area contributed by atoms with Gasteiger partial charge in [0.15, 0.2) is 5.11 Å². The second-order valence-electron chi connectivity index (χ2n) is 7.07. The van der Waals surface area contributed by atoms with Gasteiger partial charge in [-0.15, -0.1) is 0 Å². The highest BCUT2D eigenvalue weighted by molar-refractivity contribution is 7.80. The third-order valence-corrected chi connectivity index (χ3v) is 5.13. The Bertz CT molecular complexity index is 865. The summed E-state index contributed by atoms with van der Waals surface area (Å²) in [6.45, 7) is 7.38. The van der Waals surface area contributed by atoms with Gasteiger partial charge in [-0.3, -0.25) is 9.69 Å². The van der Waals surface area contributed by atoms with Gasteiger partial charge in [0.05, 0.1) is 6.54 Å². The molecule has 1 aliphatic rings. The zero-order valence-electron chi connectivity index (χ0n) is 16.2. The van der Waals surface area contributed by atoms with Crippen molar-refractivity contribution in [3.8, 4) is 0 Å². The molecule has 3 rings (SSSR count). The van der Waals surface area contributed by atoms with Crippen LogP contribution in [0.25, 0.3) is 0 Å². The van der Waals surface area contributed by atoms with Crippen LogP contribution in [0.5, 0.6) is 0 Å². The van der Waals surface area contributed by atoms with Crippen LogP contribution in [0.2, 0.25) is 0 Å². The molecule has 1 heterocycles. The molecule has 0 atom stereocenters. The number of thiocarbonyl (C=S) groups is 1. The van der Waals surface area contributed by atoms with Crippen LogP contribution in [-0.4, -0.2) is 53.5 Å². The van der Waals surface area contributed by atoms with Gasteiger partial charge in [-0.2, -0.15) is 0 Å². The summed E-state index contributed by atoms with van der Waals surface area (Å²) >= 11 is 5.57. The van der Waals surface area contributed by atoms with Crippen LogP contribution in [-0.2, 0) is 4.79 Å². The summed E-state index contributed by atoms with van der Waals surface area (Å²) in [5, 5.41) is 6.78. The lowest BCUT2D eigenvalue weighted by Gasteiger charge is -2.36. The maximum absolute atomic E-state index is 13.2. The number of nitrogens with zero attached hydrogens (tertiary/aromatic N) is 2. The van der Waals surface area contributed by atoms with Crippen molar-refractivity contribution in [3.05, 3.63) is 59.4 Å². The molecule has 0 bridgehead atoms. The summed E-state index contributed by atoms with van der Waals surface area (Å²) in [7, 11) is 0. The van der Waals surface area contributed by atoms with Crippen LogP contribution in [0.1, 0.15) is 11.1 Å². The Labute approximate surface area is 170 Å². The molecule has 148 valence electrons. The summed E-state index contributed by atoms with van der Waals surface area (Å²) in [6, 6.07) is 12.2. The summed E-state index contributed by atoms with van der Waals surface area (Å²) in [5.41, 5.74) is 3.84. The molecule has 1 aliphatic heterocycles. The monoisotopic (exact) mass is 400 g/mol. The Morgan fingerprint density at radius 1 is 1.07 bits per heavy atom. The van der Waals surface area contributed by atoms with E-state index in [1.807, 2.05) is 0 Å². The van der Waals surface area contributed by atoms with E-state index in [0.29, 0.717) is 10.8 Å². The average molecular weight is 401 g/mol. The first kappa shape index (κ1) is 20.2. The number of nitrogens with one attached hydrogen (secondary N) is 2. The maximum atomic E-state index is 13.2. The zero-order valence-corrected chi connectivity index (χ0v) is 17.0. The number of benzene rings is 2. The molecule has 0 saturated carbocycles. The Hall–Kier alpha value is -2.51. The van der Waals surface area contributed by atoms with Gasteiger partial charge in [0.25, 0.3) is 0 Å². The normalized spacial score (nSPS) is 14.6. The number of halogens is 1. The molecule has 1 amide bonds. The fraction of sp³-hybridized carbons (Fsp3) is 0.333. The largest absolute Gasteiger partial charge is 0.346 e. The maximum Gasteiger partial charge on any atom is 0.238 e. The number of carbonyl (C=O) groups is 1. The predicted molar refractivity (Wildman–Crippen MR) is 115 cm³/mol. The second-order valence-corrected chi connectivity index (χ2v) is 7.46. The molecule has 0 radical (unpaired) electrons. The first-order valence-corrected chi connectivity index (χ1v) is 9.72. The molecule has 2 N–H and O–H groups in total. The molecule has 0 aliphatic carbocycles. The SMILES string of the molecule is Cc1ccc(C)c(NC(=S)N2CCN(CC(=O)Nc3cccc(F)c3)CC2)c1. The number of hydrogen-bond acceptors (Lipinski definition) is 3. The van der Waals surface area contributed by atoms with Crippen LogP contribution < -0.4 is 10.6 Å². The number of aryl methyl sites for hydroxylation is 2. The molecular weight excluding hydrogens is 375 g/mol. The molecule has 1 fully saturated rings. The number of piperazine rings is 1. The van der Waals surface area contributed by atoms with Crippen molar-refractivity contribution >= 4 is 34.6 Å². The Morgan fingerprint density at radius 2 is 1.82 bits per heavy atom. The summed E-state index contributed by atoms with van der Waals surface area (Å²) in [4.78, 5) is 16.4. The first-order chi connectivity index (χ1) is 13.4. The van der Waals surface area contributed by atoms with E-state index in [1.54, 1.807) is 12.1 Å². The van der Waals surface area contributed by atoms with E-state index in [2.05, 4.69) is 52.5 Å². The minimum atomic E-state index is -0.365. The van der Waals surface area contributed by atoms with Crippen molar-refractivity contribution in [2.45, 2.75) is 13.8 Å². The fourth-order valence-corrected chi connectivity index (χ4v) is 3.44. The lowest BCUT2D eigenvalue weighted by Crippen LogP contribution is -2.51. The predicted octanol–water partition coefficient (Wildman–Crippen LogP) is 3.40. The van der Waals surface area contributed by atoms with Crippen LogP contribution in [0, 0.1) is 19.7 Å². The second kappa shape index (κ2) is 9.12. The highest BCUT2D eigenvalue weighted by Crippen LogP contribution is 2.17. The minimum absolute atomic E-state index is 0.143. The first-order valence-electron chi connectivity index (χ1n) is 9.31. The summed E-state index contributed by atoms with van der Waals surface area (Å²) < 4.78 is 13.2. The number of amides is 1. The van der Waals surface area contributed by atoms with E-state index in [-0.39, 0.29) is 18.3 Å². The number of rotatable bonds is 4. The highest BCUT2D eigenvalue weighted by Gasteiger charge is 2.21. The van der Waals surface area contributed by atoms with E-state index in [9.17, 15) is 9.18 Å². The molecule has 2 aromatic rings. The van der Waals surface area contributed by atoms with Crippen LogP contribution >= 0.6 is 12.2 Å². The van der Waals surface area contributed by atoms with Crippen molar-refractivity contribution < 1.29 is 9.18 Å². The van der Waals surface area contributed by atoms with Gasteiger partial charge >= 0.3 is 0 Å². The molecule has 0 spiro atoms. The molecule has 0 aromatic heterocycles. The fourth-order valence-electron chi connectivity index (χ4n) is 3.14. The average Bonchev–Trinajstić information content (AvgIpc) is 2.65. The topological polar surface area (TPSA) is 47.6 Å². The Kier molecular flexibility index (Phi) is 6.59. The Morgan fingerprint density at radius 3 is 2.54 bits per heavy atom. The van der Waals surface area contributed by atoms with E-state index < -0.39 is 0 Å². The molecular formula is C21H25FN4OS. The van der Waals surface area contributed by atoms with Gasteiger partial charge in [-0.1, -0.05) is 18.2 Å². The number of carbonyl (C=O) groups excluding carboxylic acids is 1. The summed E-state index contributed by atoms with van der Waals surface area (Å²) in [6.07, 6.45) is 0. The van der Waals surface area contributed by atoms with Gasteiger partial charge in [-0.05, 0) is 61.5 Å². The van der Waals surface area contributed by atoms with Crippen molar-refractivity contribution in [3.63, 3.8) is 0 Å². The third-order valence-electron chi connectivity index (χ3n) is 4.77. The third kappa shape index (κ3) is 5.50. The van der Waals surface area contributed by atoms with Crippen molar-refractivity contribution in [2.24, 2.45) is 0 Å². The lowest BCUT2D eigenvalue weighted by molar-refractivity contribution is -0.117. The van der Waals surface area contributed by atoms with Crippen molar-refractivity contribution in [1.82, 2.24) is 9.80 Å². The zero-order chi connectivity index (χ0) is 20.1. The Balaban J connectivity index is 1.46. The van der Waals surface area contributed by atoms with Crippen molar-refractivity contribution in [2.75, 3.05) is 43.4 Å². The summed E-state index contributed by atoms with van der Waals surface area (Å²) in [5.74, 6) is -0.508. The van der Waals surface area contributed by atoms with E-state index >= 15 is 0 Å². The minimum Gasteiger partial charge on any atom is -0.346 e. The van der Waals surface area contributed by atoms with Gasteiger partial charge in [0.2, 0.25) is 5.91 Å². The van der Waals surface area contributed by atoms with Gasteiger partial charge in [0.1, 0.15) is 5.82 Å². The number of hydrogen-bond donors (Lipinski definition) is 2. The smallest absolute Gasteiger partial charge is 0.238 e. The lowest BCUT2D eigenvalue weighted by atomic mass is 10.1. The van der Waals surface area contributed by atoms with Gasteiger partial charge in [-0.25, -0.2) is 4.39 Å². The van der Waals surface area contributed by atoms with Crippen LogP contribution in [0.3, 0.4) is 0 Å². The molecule has 1 saturated heterocycles. The molecule has 5 nitrogen and oxygen atoms in total. The highest BCUT2D eigenvalue weighted by atomic mass is 32.1. The standard InChI is InChI=1S/C21H25FN4OS/c1-15-6-7-16(2)19(12-15)24-21(28)26-10-8-25(9-11-26)14-20(27)23-18-5-3-4-17(22)13-18/h3-7,12-13H,8-11,14H2,1-2H3,(H,23,27)(H,24,28). The van der Waals surface area contributed by atoms with Crippen LogP contribution in [0.4, 0.5) is 15.8 Å². The van der Waals surface area contributed by atoms with Crippen molar-refractivity contribution in [1.29, 1.82) is 0 Å². The van der Waals surface area contributed by atoms with Gasteiger partial charge < -0.3 is 15.5 Å². The molecule has 2 aromatic carbocycles. The van der Waals surface area contributed by atoms with E-state index in [1.165, 1.54) is 17.7 Å². The molecule has 7 heteroatoms. The van der Waals surface area contributed by atoms with E-state index in [4.69, 9.17) is 12.2 Å². The van der Waals surface area contributed by atoms with E-state index in [0.717, 1.165) is 37.4 Å². The number of anilines is 2.